The number of rotatable bonds is 9. The lowest BCUT2D eigenvalue weighted by atomic mass is 9.96. The normalized spacial score (nSPS) is 13.7. The van der Waals surface area contributed by atoms with Gasteiger partial charge in [0.05, 0.1) is 6.61 Å². The summed E-state index contributed by atoms with van der Waals surface area (Å²) in [6.07, 6.45) is 1.71. The van der Waals surface area contributed by atoms with Crippen molar-refractivity contribution in [3.63, 3.8) is 0 Å². The van der Waals surface area contributed by atoms with Gasteiger partial charge in [0.25, 0.3) is 0 Å². The van der Waals surface area contributed by atoms with Crippen LogP contribution in [0.1, 0.15) is 33.1 Å². The number of benzene rings is 1. The van der Waals surface area contributed by atoms with Gasteiger partial charge in [0, 0.05) is 6.07 Å². The van der Waals surface area contributed by atoms with Crippen LogP contribution in [0.4, 0.5) is 8.78 Å². The van der Waals surface area contributed by atoms with E-state index in [9.17, 15) is 18.7 Å². The number of nitrogens with one attached hydrogen (secondary N) is 1. The minimum Gasteiger partial charge on any atom is -0.493 e. The largest absolute Gasteiger partial charge is 0.493 e. The fourth-order valence-electron chi connectivity index (χ4n) is 1.85. The van der Waals surface area contributed by atoms with Crippen molar-refractivity contribution >= 4 is 5.97 Å². The molecular formula is C15H21F2NO3. The first-order valence-electron chi connectivity index (χ1n) is 6.95. The highest BCUT2D eigenvalue weighted by Gasteiger charge is 2.31. The molecular weight excluding hydrogens is 280 g/mol. The highest BCUT2D eigenvalue weighted by molar-refractivity contribution is 5.78. The Morgan fingerprint density at radius 1 is 1.38 bits per heavy atom. The Morgan fingerprint density at radius 3 is 2.67 bits per heavy atom. The van der Waals surface area contributed by atoms with Crippen molar-refractivity contribution in [3.8, 4) is 5.75 Å². The molecule has 1 aromatic carbocycles. The molecule has 1 atom stereocenters. The number of aliphatic carboxylic acids is 1. The van der Waals surface area contributed by atoms with Gasteiger partial charge in [0.15, 0.2) is 11.6 Å². The van der Waals surface area contributed by atoms with Crippen molar-refractivity contribution in [1.29, 1.82) is 0 Å². The van der Waals surface area contributed by atoms with Crippen molar-refractivity contribution in [2.75, 3.05) is 13.2 Å². The Balaban J connectivity index is 2.43. The average molecular weight is 301 g/mol. The van der Waals surface area contributed by atoms with Gasteiger partial charge in [-0.15, -0.1) is 0 Å². The number of halogens is 2. The second-order valence-corrected chi connectivity index (χ2v) is 5.09. The average Bonchev–Trinajstić information content (AvgIpc) is 2.45. The van der Waals surface area contributed by atoms with Crippen LogP contribution >= 0.6 is 0 Å². The molecule has 1 unspecified atom stereocenters. The zero-order valence-electron chi connectivity index (χ0n) is 12.3. The third kappa shape index (κ3) is 5.30. The third-order valence-corrected chi connectivity index (χ3v) is 3.22. The van der Waals surface area contributed by atoms with Crippen molar-refractivity contribution in [1.82, 2.24) is 5.32 Å². The van der Waals surface area contributed by atoms with Crippen LogP contribution in [0.3, 0.4) is 0 Å². The Bertz CT molecular complexity index is 482. The molecule has 1 rings (SSSR count). The van der Waals surface area contributed by atoms with E-state index in [1.54, 1.807) is 6.92 Å². The van der Waals surface area contributed by atoms with Gasteiger partial charge in [-0.1, -0.05) is 6.92 Å². The SMILES string of the molecule is CCCNC(C)(CCCOc1ccc(F)c(F)c1)C(=O)O. The predicted molar refractivity (Wildman–Crippen MR) is 75.4 cm³/mol. The van der Waals surface area contributed by atoms with Gasteiger partial charge in [0.2, 0.25) is 0 Å². The highest BCUT2D eigenvalue weighted by atomic mass is 19.2. The smallest absolute Gasteiger partial charge is 0.323 e. The number of carbonyl (C=O) groups is 1. The molecule has 0 heterocycles. The monoisotopic (exact) mass is 301 g/mol. The lowest BCUT2D eigenvalue weighted by molar-refractivity contribution is -0.144. The second-order valence-electron chi connectivity index (χ2n) is 5.09. The first-order chi connectivity index (χ1) is 9.89. The van der Waals surface area contributed by atoms with Gasteiger partial charge in [-0.3, -0.25) is 4.79 Å². The van der Waals surface area contributed by atoms with Crippen LogP contribution in [-0.4, -0.2) is 29.8 Å². The Kier molecular flexibility index (Phi) is 6.55. The summed E-state index contributed by atoms with van der Waals surface area (Å²) in [4.78, 5) is 11.3. The molecule has 0 amide bonds. The van der Waals surface area contributed by atoms with Crippen LogP contribution in [0.2, 0.25) is 0 Å². The topological polar surface area (TPSA) is 58.6 Å². The van der Waals surface area contributed by atoms with Crippen LogP contribution in [0.15, 0.2) is 18.2 Å². The number of ether oxygens (including phenoxy) is 1. The number of hydrogen-bond donors (Lipinski definition) is 2. The van der Waals surface area contributed by atoms with Gasteiger partial charge in [0.1, 0.15) is 11.3 Å². The van der Waals surface area contributed by atoms with Crippen molar-refractivity contribution < 1.29 is 23.4 Å². The van der Waals surface area contributed by atoms with Crippen molar-refractivity contribution in [3.05, 3.63) is 29.8 Å². The molecule has 118 valence electrons. The summed E-state index contributed by atoms with van der Waals surface area (Å²) in [5, 5.41) is 12.2. The van der Waals surface area contributed by atoms with Crippen LogP contribution in [0.5, 0.6) is 5.75 Å². The molecule has 1 aromatic rings. The molecule has 21 heavy (non-hydrogen) atoms. The second kappa shape index (κ2) is 7.93. The van der Waals surface area contributed by atoms with Crippen molar-refractivity contribution in [2.24, 2.45) is 0 Å². The van der Waals surface area contributed by atoms with E-state index in [-0.39, 0.29) is 12.4 Å². The summed E-state index contributed by atoms with van der Waals surface area (Å²) in [7, 11) is 0. The molecule has 6 heteroatoms. The van der Waals surface area contributed by atoms with Gasteiger partial charge < -0.3 is 15.2 Å². The van der Waals surface area contributed by atoms with Crippen LogP contribution in [0.25, 0.3) is 0 Å². The molecule has 0 radical (unpaired) electrons. The van der Waals surface area contributed by atoms with Gasteiger partial charge in [-0.05, 0) is 44.9 Å². The Hall–Kier alpha value is -1.69. The summed E-state index contributed by atoms with van der Waals surface area (Å²) in [6.45, 7) is 4.44. The van der Waals surface area contributed by atoms with E-state index in [1.807, 2.05) is 6.92 Å². The molecule has 0 saturated heterocycles. The van der Waals surface area contributed by atoms with Crippen molar-refractivity contribution in [2.45, 2.75) is 38.6 Å². The number of carboxylic acids is 1. The van der Waals surface area contributed by atoms with Crippen LogP contribution < -0.4 is 10.1 Å². The molecule has 0 bridgehead atoms. The molecule has 0 aliphatic carbocycles. The molecule has 0 aliphatic heterocycles. The lowest BCUT2D eigenvalue weighted by Gasteiger charge is -2.26. The molecule has 2 N–H and O–H groups in total. The maximum atomic E-state index is 13.0. The molecule has 0 aromatic heterocycles. The molecule has 0 saturated carbocycles. The van der Waals surface area contributed by atoms with E-state index in [4.69, 9.17) is 4.74 Å². The first-order valence-corrected chi connectivity index (χ1v) is 6.95. The summed E-state index contributed by atoms with van der Waals surface area (Å²) < 4.78 is 31.0. The Labute approximate surface area is 123 Å². The van der Waals surface area contributed by atoms with E-state index in [0.29, 0.717) is 19.4 Å². The minimum absolute atomic E-state index is 0.229. The van der Waals surface area contributed by atoms with Gasteiger partial charge in [-0.2, -0.15) is 0 Å². The third-order valence-electron chi connectivity index (χ3n) is 3.22. The molecule has 4 nitrogen and oxygen atoms in total. The lowest BCUT2D eigenvalue weighted by Crippen LogP contribution is -2.49. The molecule has 0 fully saturated rings. The van der Waals surface area contributed by atoms with E-state index < -0.39 is 23.1 Å². The van der Waals surface area contributed by atoms with E-state index in [0.717, 1.165) is 18.6 Å². The summed E-state index contributed by atoms with van der Waals surface area (Å²) in [6, 6.07) is 3.31. The molecule has 0 aliphatic rings. The number of carboxylic acid groups (broad SMARTS) is 1. The first kappa shape index (κ1) is 17.4. The zero-order chi connectivity index (χ0) is 15.9. The minimum atomic E-state index is -1.01. The maximum absolute atomic E-state index is 13.0. The summed E-state index contributed by atoms with van der Waals surface area (Å²) >= 11 is 0. The number of hydrogen-bond acceptors (Lipinski definition) is 3. The standard InChI is InChI=1S/C15H21F2NO3/c1-3-8-18-15(2,14(19)20)7-4-9-21-11-5-6-12(16)13(17)10-11/h5-6,10,18H,3-4,7-9H2,1-2H3,(H,19,20). The molecule has 0 spiro atoms. The highest BCUT2D eigenvalue weighted by Crippen LogP contribution is 2.17. The predicted octanol–water partition coefficient (Wildman–Crippen LogP) is 2.97. The Morgan fingerprint density at radius 2 is 2.10 bits per heavy atom. The fraction of sp³-hybridized carbons (Fsp3) is 0.533. The van der Waals surface area contributed by atoms with Crippen LogP contribution in [-0.2, 0) is 4.79 Å². The fourth-order valence-corrected chi connectivity index (χ4v) is 1.85. The van der Waals surface area contributed by atoms with Gasteiger partial charge >= 0.3 is 5.97 Å². The maximum Gasteiger partial charge on any atom is 0.323 e. The van der Waals surface area contributed by atoms with E-state index >= 15 is 0 Å². The van der Waals surface area contributed by atoms with E-state index in [2.05, 4.69) is 5.32 Å². The van der Waals surface area contributed by atoms with Crippen LogP contribution in [0, 0.1) is 11.6 Å². The zero-order valence-corrected chi connectivity index (χ0v) is 12.3. The van der Waals surface area contributed by atoms with E-state index in [1.165, 1.54) is 6.07 Å². The summed E-state index contributed by atoms with van der Waals surface area (Å²) in [5.74, 6) is -2.58. The quantitative estimate of drug-likeness (QED) is 0.689. The summed E-state index contributed by atoms with van der Waals surface area (Å²) in [5.41, 5.74) is -1.01. The van der Waals surface area contributed by atoms with Gasteiger partial charge in [-0.25, -0.2) is 8.78 Å².